The van der Waals surface area contributed by atoms with Crippen LogP contribution >= 0.6 is 11.8 Å². The second-order valence-electron chi connectivity index (χ2n) is 3.86. The van der Waals surface area contributed by atoms with E-state index in [-0.39, 0.29) is 0 Å². The summed E-state index contributed by atoms with van der Waals surface area (Å²) >= 11 is 1.91. The van der Waals surface area contributed by atoms with Gasteiger partial charge in [-0.05, 0) is 25.5 Å². The second-order valence-corrected chi connectivity index (χ2v) is 5.00. The molecule has 0 saturated heterocycles. The van der Waals surface area contributed by atoms with Crippen LogP contribution in [0.25, 0.3) is 0 Å². The van der Waals surface area contributed by atoms with Gasteiger partial charge in [-0.1, -0.05) is 17.7 Å². The molecule has 1 aromatic carbocycles. The molecule has 1 N–H and O–H groups in total. The van der Waals surface area contributed by atoms with E-state index in [0.29, 0.717) is 0 Å². The fourth-order valence-electron chi connectivity index (χ4n) is 1.49. The van der Waals surface area contributed by atoms with Gasteiger partial charge in [0.05, 0.1) is 6.61 Å². The van der Waals surface area contributed by atoms with Gasteiger partial charge >= 0.3 is 0 Å². The molecule has 0 spiro atoms. The van der Waals surface area contributed by atoms with Crippen molar-refractivity contribution < 1.29 is 4.74 Å². The van der Waals surface area contributed by atoms with E-state index in [9.17, 15) is 0 Å². The highest BCUT2D eigenvalue weighted by Gasteiger charge is 1.98. The molecule has 0 fully saturated rings. The average molecular weight is 239 g/mol. The molecular formula is C13H21NOS. The molecule has 0 atom stereocenters. The lowest BCUT2D eigenvalue weighted by molar-refractivity contribution is 0.200. The minimum absolute atomic E-state index is 0.786. The Kier molecular flexibility index (Phi) is 6.53. The van der Waals surface area contributed by atoms with Crippen molar-refractivity contribution in [2.24, 2.45) is 0 Å². The Morgan fingerprint density at radius 2 is 2.06 bits per heavy atom. The molecule has 0 aliphatic heterocycles. The molecule has 2 nitrogen and oxygen atoms in total. The van der Waals surface area contributed by atoms with Crippen LogP contribution in [0.4, 0.5) is 0 Å². The van der Waals surface area contributed by atoms with Crippen molar-refractivity contribution in [3.63, 3.8) is 0 Å². The first-order chi connectivity index (χ1) is 7.74. The Hall–Kier alpha value is -0.510. The van der Waals surface area contributed by atoms with Gasteiger partial charge in [0.25, 0.3) is 0 Å². The number of benzene rings is 1. The third kappa shape index (κ3) is 5.01. The van der Waals surface area contributed by atoms with Crippen molar-refractivity contribution in [3.8, 4) is 0 Å². The quantitative estimate of drug-likeness (QED) is 0.584. The van der Waals surface area contributed by atoms with Gasteiger partial charge in [0, 0.05) is 30.8 Å². The van der Waals surface area contributed by atoms with Gasteiger partial charge in [-0.25, -0.2) is 0 Å². The number of rotatable bonds is 7. The van der Waals surface area contributed by atoms with Crippen molar-refractivity contribution in [1.29, 1.82) is 0 Å². The van der Waals surface area contributed by atoms with Crippen LogP contribution in [-0.2, 0) is 4.74 Å². The molecule has 1 aromatic rings. The van der Waals surface area contributed by atoms with Crippen LogP contribution in [0.5, 0.6) is 0 Å². The van der Waals surface area contributed by atoms with Crippen LogP contribution in [0.15, 0.2) is 23.1 Å². The smallest absolute Gasteiger partial charge is 0.0587 e. The lowest BCUT2D eigenvalue weighted by atomic mass is 10.2. The maximum atomic E-state index is 4.97. The molecule has 0 aliphatic carbocycles. The molecule has 0 radical (unpaired) electrons. The summed E-state index contributed by atoms with van der Waals surface area (Å²) in [5.41, 5.74) is 2.71. The summed E-state index contributed by atoms with van der Waals surface area (Å²) in [6, 6.07) is 6.62. The van der Waals surface area contributed by atoms with E-state index in [4.69, 9.17) is 4.74 Å². The minimum Gasteiger partial charge on any atom is -0.383 e. The van der Waals surface area contributed by atoms with E-state index >= 15 is 0 Å². The highest BCUT2D eigenvalue weighted by atomic mass is 32.2. The van der Waals surface area contributed by atoms with Gasteiger partial charge in [0.2, 0.25) is 0 Å². The van der Waals surface area contributed by atoms with Crippen molar-refractivity contribution in [2.75, 3.05) is 32.6 Å². The highest BCUT2D eigenvalue weighted by Crippen LogP contribution is 2.22. The van der Waals surface area contributed by atoms with E-state index in [2.05, 4.69) is 37.4 Å². The third-order valence-corrected chi connectivity index (χ3v) is 3.53. The van der Waals surface area contributed by atoms with Crippen molar-refractivity contribution in [3.05, 3.63) is 29.3 Å². The predicted molar refractivity (Wildman–Crippen MR) is 71.4 cm³/mol. The maximum Gasteiger partial charge on any atom is 0.0587 e. The molecular weight excluding hydrogens is 218 g/mol. The largest absolute Gasteiger partial charge is 0.383 e. The van der Waals surface area contributed by atoms with Gasteiger partial charge in [0.15, 0.2) is 0 Å². The van der Waals surface area contributed by atoms with Crippen LogP contribution in [0.1, 0.15) is 11.1 Å². The Balaban J connectivity index is 2.21. The zero-order valence-corrected chi connectivity index (χ0v) is 11.2. The van der Waals surface area contributed by atoms with Gasteiger partial charge < -0.3 is 10.1 Å². The van der Waals surface area contributed by atoms with E-state index < -0.39 is 0 Å². The molecule has 0 bridgehead atoms. The Labute approximate surface area is 103 Å². The van der Waals surface area contributed by atoms with Crippen molar-refractivity contribution in [1.82, 2.24) is 5.32 Å². The molecule has 3 heteroatoms. The number of aryl methyl sites for hydroxylation is 2. The van der Waals surface area contributed by atoms with E-state index in [1.165, 1.54) is 16.0 Å². The molecule has 16 heavy (non-hydrogen) atoms. The number of thioether (sulfide) groups is 1. The van der Waals surface area contributed by atoms with Crippen molar-refractivity contribution >= 4 is 11.8 Å². The molecule has 0 saturated carbocycles. The molecule has 0 unspecified atom stereocenters. The number of ether oxygens (including phenoxy) is 1. The second kappa shape index (κ2) is 7.71. The minimum atomic E-state index is 0.786. The number of hydrogen-bond donors (Lipinski definition) is 1. The molecule has 0 aliphatic rings. The average Bonchev–Trinajstić information content (AvgIpc) is 2.26. The predicted octanol–water partition coefficient (Wildman–Crippen LogP) is 2.63. The zero-order valence-electron chi connectivity index (χ0n) is 10.4. The fourth-order valence-corrected chi connectivity index (χ4v) is 2.41. The van der Waals surface area contributed by atoms with Crippen LogP contribution in [0.2, 0.25) is 0 Å². The first kappa shape index (κ1) is 13.6. The molecule has 1 rings (SSSR count). The first-order valence-electron chi connectivity index (χ1n) is 5.63. The lowest BCUT2D eigenvalue weighted by Crippen LogP contribution is -2.21. The third-order valence-electron chi connectivity index (χ3n) is 2.35. The summed E-state index contributed by atoms with van der Waals surface area (Å²) in [4.78, 5) is 1.39. The number of nitrogens with one attached hydrogen (secondary N) is 1. The van der Waals surface area contributed by atoms with E-state index in [1.807, 2.05) is 11.8 Å². The molecule has 0 heterocycles. The van der Waals surface area contributed by atoms with Gasteiger partial charge in [-0.3, -0.25) is 0 Å². The summed E-state index contributed by atoms with van der Waals surface area (Å²) in [5, 5.41) is 3.34. The topological polar surface area (TPSA) is 21.3 Å². The van der Waals surface area contributed by atoms with Crippen molar-refractivity contribution in [2.45, 2.75) is 18.7 Å². The summed E-state index contributed by atoms with van der Waals surface area (Å²) in [6.45, 7) is 7.06. The number of hydrogen-bond acceptors (Lipinski definition) is 3. The SMILES string of the molecule is COCCNCCSc1ccc(C)cc1C. The van der Waals surface area contributed by atoms with Gasteiger partial charge in [0.1, 0.15) is 0 Å². The fraction of sp³-hybridized carbons (Fsp3) is 0.538. The standard InChI is InChI=1S/C13H21NOS/c1-11-4-5-13(12(2)10-11)16-9-7-14-6-8-15-3/h4-5,10,14H,6-9H2,1-3H3. The molecule has 90 valence electrons. The van der Waals surface area contributed by atoms with Gasteiger partial charge in [-0.2, -0.15) is 0 Å². The summed E-state index contributed by atoms with van der Waals surface area (Å²) in [7, 11) is 1.73. The van der Waals surface area contributed by atoms with E-state index in [1.54, 1.807) is 7.11 Å². The zero-order chi connectivity index (χ0) is 11.8. The summed E-state index contributed by atoms with van der Waals surface area (Å²) in [6.07, 6.45) is 0. The lowest BCUT2D eigenvalue weighted by Gasteiger charge is -2.07. The number of methoxy groups -OCH3 is 1. The first-order valence-corrected chi connectivity index (χ1v) is 6.62. The monoisotopic (exact) mass is 239 g/mol. The molecule has 0 amide bonds. The Morgan fingerprint density at radius 1 is 1.25 bits per heavy atom. The Morgan fingerprint density at radius 3 is 2.75 bits per heavy atom. The maximum absolute atomic E-state index is 4.97. The normalized spacial score (nSPS) is 10.7. The summed E-state index contributed by atoms with van der Waals surface area (Å²) in [5.74, 6) is 1.10. The Bertz CT molecular complexity index is 315. The van der Waals surface area contributed by atoms with Crippen LogP contribution in [0.3, 0.4) is 0 Å². The summed E-state index contributed by atoms with van der Waals surface area (Å²) < 4.78 is 4.97. The van der Waals surface area contributed by atoms with E-state index in [0.717, 1.165) is 25.4 Å². The molecule has 0 aromatic heterocycles. The van der Waals surface area contributed by atoms with Crippen LogP contribution < -0.4 is 5.32 Å². The van der Waals surface area contributed by atoms with Crippen LogP contribution in [0, 0.1) is 13.8 Å². The van der Waals surface area contributed by atoms with Crippen LogP contribution in [-0.4, -0.2) is 32.6 Å². The highest BCUT2D eigenvalue weighted by molar-refractivity contribution is 7.99. The van der Waals surface area contributed by atoms with Gasteiger partial charge in [-0.15, -0.1) is 11.8 Å².